The third-order valence-electron chi connectivity index (χ3n) is 4.59. The van der Waals surface area contributed by atoms with E-state index in [0.717, 1.165) is 44.1 Å². The highest BCUT2D eigenvalue weighted by atomic mass is 16.5. The minimum absolute atomic E-state index is 0.0570. The fraction of sp³-hybridized carbons (Fsp3) is 0.625. The molecular formula is C16H22O4. The number of carbonyl (C=O) groups is 2. The van der Waals surface area contributed by atoms with Crippen molar-refractivity contribution in [1.82, 2.24) is 0 Å². The Morgan fingerprint density at radius 2 is 2.05 bits per heavy atom. The molecule has 4 nitrogen and oxygen atoms in total. The number of esters is 2. The lowest BCUT2D eigenvalue weighted by Gasteiger charge is -2.42. The molecule has 0 aliphatic heterocycles. The fourth-order valence-corrected chi connectivity index (χ4v) is 3.61. The Morgan fingerprint density at radius 1 is 1.25 bits per heavy atom. The number of hydrogen-bond acceptors (Lipinski definition) is 4. The molecule has 2 aliphatic carbocycles. The first kappa shape index (κ1) is 14.8. The average molecular weight is 278 g/mol. The van der Waals surface area contributed by atoms with Gasteiger partial charge in [-0.15, -0.1) is 0 Å². The predicted molar refractivity (Wildman–Crippen MR) is 74.9 cm³/mol. The van der Waals surface area contributed by atoms with Crippen molar-refractivity contribution in [1.29, 1.82) is 0 Å². The molecule has 0 heterocycles. The van der Waals surface area contributed by atoms with E-state index < -0.39 is 5.41 Å². The van der Waals surface area contributed by atoms with Gasteiger partial charge in [0.2, 0.25) is 0 Å². The Bertz CT molecular complexity index is 449. The average Bonchev–Trinajstić information content (AvgIpc) is 2.70. The molecule has 1 fully saturated rings. The summed E-state index contributed by atoms with van der Waals surface area (Å²) >= 11 is 0. The van der Waals surface area contributed by atoms with E-state index >= 15 is 0 Å². The molecule has 0 unspecified atom stereocenters. The molecule has 0 bridgehead atoms. The lowest BCUT2D eigenvalue weighted by Crippen LogP contribution is -2.42. The second-order valence-electron chi connectivity index (χ2n) is 5.54. The van der Waals surface area contributed by atoms with Gasteiger partial charge in [0.05, 0.1) is 19.6 Å². The van der Waals surface area contributed by atoms with Gasteiger partial charge in [0, 0.05) is 6.08 Å². The van der Waals surface area contributed by atoms with Crippen LogP contribution < -0.4 is 0 Å². The molecule has 2 rings (SSSR count). The van der Waals surface area contributed by atoms with Crippen LogP contribution in [0.4, 0.5) is 0 Å². The lowest BCUT2D eigenvalue weighted by molar-refractivity contribution is -0.158. The molecule has 0 N–H and O–H groups in total. The summed E-state index contributed by atoms with van der Waals surface area (Å²) in [7, 11) is 2.83. The van der Waals surface area contributed by atoms with E-state index in [1.807, 2.05) is 0 Å². The van der Waals surface area contributed by atoms with Gasteiger partial charge in [0.1, 0.15) is 0 Å². The zero-order valence-electron chi connectivity index (χ0n) is 12.2. The van der Waals surface area contributed by atoms with Crippen LogP contribution >= 0.6 is 0 Å². The highest BCUT2D eigenvalue weighted by Gasteiger charge is 2.49. The summed E-state index contributed by atoms with van der Waals surface area (Å²) < 4.78 is 9.81. The van der Waals surface area contributed by atoms with Gasteiger partial charge in [-0.2, -0.15) is 0 Å². The molecule has 0 saturated heterocycles. The summed E-state index contributed by atoms with van der Waals surface area (Å²) in [6, 6.07) is 0. The van der Waals surface area contributed by atoms with Crippen LogP contribution in [0.1, 0.15) is 38.5 Å². The number of hydrogen-bond donors (Lipinski definition) is 0. The number of fused-ring (bicyclic) bond motifs is 1. The summed E-state index contributed by atoms with van der Waals surface area (Å²) in [4.78, 5) is 23.9. The minimum atomic E-state index is -0.476. The van der Waals surface area contributed by atoms with E-state index in [4.69, 9.17) is 9.47 Å². The molecule has 0 aromatic heterocycles. The van der Waals surface area contributed by atoms with Gasteiger partial charge in [-0.3, -0.25) is 4.79 Å². The van der Waals surface area contributed by atoms with Crippen LogP contribution in [-0.2, 0) is 19.1 Å². The smallest absolute Gasteiger partial charge is 0.330 e. The third kappa shape index (κ3) is 2.65. The largest absolute Gasteiger partial charge is 0.469 e. The van der Waals surface area contributed by atoms with Crippen LogP contribution in [-0.4, -0.2) is 26.2 Å². The summed E-state index contributed by atoms with van der Waals surface area (Å²) in [6.07, 6.45) is 10.9. The molecular weight excluding hydrogens is 256 g/mol. The van der Waals surface area contributed by atoms with Crippen molar-refractivity contribution in [2.24, 2.45) is 11.3 Å². The fourth-order valence-electron chi connectivity index (χ4n) is 3.61. The summed E-state index contributed by atoms with van der Waals surface area (Å²) in [6.45, 7) is 0. The molecule has 0 amide bonds. The normalized spacial score (nSPS) is 31.3. The van der Waals surface area contributed by atoms with E-state index in [1.54, 1.807) is 6.08 Å². The van der Waals surface area contributed by atoms with Gasteiger partial charge in [-0.25, -0.2) is 4.79 Å². The van der Waals surface area contributed by atoms with Gasteiger partial charge in [-0.05, 0) is 44.4 Å². The van der Waals surface area contributed by atoms with Crippen molar-refractivity contribution in [2.75, 3.05) is 14.2 Å². The SMILES string of the molecule is COC(=O)/C=C1/CCC[C@@]2(C(=O)OC)CCC=CC[C@@H]12. The molecule has 1 saturated carbocycles. The zero-order chi connectivity index (χ0) is 14.6. The minimum Gasteiger partial charge on any atom is -0.469 e. The molecule has 110 valence electrons. The molecule has 0 aromatic carbocycles. The van der Waals surface area contributed by atoms with E-state index in [0.29, 0.717) is 0 Å². The van der Waals surface area contributed by atoms with Crippen molar-refractivity contribution < 1.29 is 19.1 Å². The van der Waals surface area contributed by atoms with Crippen LogP contribution in [0.25, 0.3) is 0 Å². The lowest BCUT2D eigenvalue weighted by atomic mass is 9.61. The molecule has 0 spiro atoms. The maximum absolute atomic E-state index is 12.4. The number of rotatable bonds is 2. The van der Waals surface area contributed by atoms with Crippen LogP contribution in [0.2, 0.25) is 0 Å². The van der Waals surface area contributed by atoms with Crippen LogP contribution in [0.15, 0.2) is 23.8 Å². The Kier molecular flexibility index (Phi) is 4.63. The van der Waals surface area contributed by atoms with E-state index in [-0.39, 0.29) is 17.9 Å². The standard InChI is InChI=1S/C16H22O4/c1-19-14(17)11-12-7-6-10-16(15(18)20-2)9-5-3-4-8-13(12)16/h3-4,11,13H,5-10H2,1-2H3/b12-11-/t13-,16-/m0/s1. The van der Waals surface area contributed by atoms with Gasteiger partial charge >= 0.3 is 11.9 Å². The highest BCUT2D eigenvalue weighted by Crippen LogP contribution is 2.51. The molecule has 2 aliphatic rings. The summed E-state index contributed by atoms with van der Waals surface area (Å²) in [5, 5.41) is 0. The van der Waals surface area contributed by atoms with Crippen molar-refractivity contribution >= 4 is 11.9 Å². The van der Waals surface area contributed by atoms with E-state index in [1.165, 1.54) is 14.2 Å². The number of methoxy groups -OCH3 is 2. The summed E-state index contributed by atoms with van der Waals surface area (Å²) in [5.41, 5.74) is 0.552. The zero-order valence-corrected chi connectivity index (χ0v) is 12.2. The Labute approximate surface area is 119 Å². The molecule has 20 heavy (non-hydrogen) atoms. The molecule has 0 aromatic rings. The van der Waals surface area contributed by atoms with Crippen molar-refractivity contribution in [2.45, 2.75) is 38.5 Å². The van der Waals surface area contributed by atoms with Gasteiger partial charge in [-0.1, -0.05) is 17.7 Å². The van der Waals surface area contributed by atoms with Crippen LogP contribution in [0, 0.1) is 11.3 Å². The first-order chi connectivity index (χ1) is 9.64. The Morgan fingerprint density at radius 3 is 2.75 bits per heavy atom. The molecule has 0 radical (unpaired) electrons. The summed E-state index contributed by atoms with van der Waals surface area (Å²) in [5.74, 6) is -0.419. The number of allylic oxidation sites excluding steroid dienone is 3. The monoisotopic (exact) mass is 278 g/mol. The van der Waals surface area contributed by atoms with Gasteiger partial charge in [0.25, 0.3) is 0 Å². The Balaban J connectivity index is 2.39. The van der Waals surface area contributed by atoms with Crippen molar-refractivity contribution in [3.63, 3.8) is 0 Å². The number of ether oxygens (including phenoxy) is 2. The quantitative estimate of drug-likeness (QED) is 0.443. The van der Waals surface area contributed by atoms with Crippen LogP contribution in [0.5, 0.6) is 0 Å². The second-order valence-corrected chi connectivity index (χ2v) is 5.54. The van der Waals surface area contributed by atoms with E-state index in [9.17, 15) is 9.59 Å². The number of carbonyl (C=O) groups excluding carboxylic acids is 2. The second kappa shape index (κ2) is 6.25. The van der Waals surface area contributed by atoms with Gasteiger partial charge < -0.3 is 9.47 Å². The third-order valence-corrected chi connectivity index (χ3v) is 4.59. The maximum Gasteiger partial charge on any atom is 0.330 e. The topological polar surface area (TPSA) is 52.6 Å². The highest BCUT2D eigenvalue weighted by molar-refractivity contribution is 5.84. The Hall–Kier alpha value is -1.58. The first-order valence-corrected chi connectivity index (χ1v) is 7.16. The van der Waals surface area contributed by atoms with Gasteiger partial charge in [0.15, 0.2) is 0 Å². The van der Waals surface area contributed by atoms with E-state index in [2.05, 4.69) is 12.2 Å². The maximum atomic E-state index is 12.4. The first-order valence-electron chi connectivity index (χ1n) is 7.16. The van der Waals surface area contributed by atoms with Crippen LogP contribution in [0.3, 0.4) is 0 Å². The van der Waals surface area contributed by atoms with Crippen molar-refractivity contribution in [3.05, 3.63) is 23.8 Å². The molecule has 2 atom stereocenters. The predicted octanol–water partition coefficient (Wildman–Crippen LogP) is 2.79. The molecule has 4 heteroatoms. The van der Waals surface area contributed by atoms with Crippen molar-refractivity contribution in [3.8, 4) is 0 Å².